The summed E-state index contributed by atoms with van der Waals surface area (Å²) in [6.45, 7) is 3.56. The van der Waals surface area contributed by atoms with Gasteiger partial charge in [-0.15, -0.1) is 0 Å². The smallest absolute Gasteiger partial charge is 0.307 e. The Bertz CT molecular complexity index is 355. The van der Waals surface area contributed by atoms with E-state index in [9.17, 15) is 4.79 Å². The fraction of sp³-hybridized carbons (Fsp3) is 0.500. The highest BCUT2D eigenvalue weighted by Gasteiger charge is 2.00. The predicted octanol–water partition coefficient (Wildman–Crippen LogP) is 1.88. The number of hydrogen-bond donors (Lipinski definition) is 2. The second-order valence-electron chi connectivity index (χ2n) is 3.61. The first-order valence-corrected chi connectivity index (χ1v) is 5.77. The first-order valence-electron chi connectivity index (χ1n) is 5.77. The molecule has 0 bridgehead atoms. The van der Waals surface area contributed by atoms with Crippen LogP contribution < -0.4 is 10.6 Å². The maximum Gasteiger partial charge on any atom is 0.307 e. The van der Waals surface area contributed by atoms with Gasteiger partial charge in [0.2, 0.25) is 0 Å². The highest BCUT2D eigenvalue weighted by molar-refractivity contribution is 5.69. The second kappa shape index (κ2) is 7.49. The molecule has 0 aromatic carbocycles. The van der Waals surface area contributed by atoms with Crippen LogP contribution in [0.5, 0.6) is 0 Å². The topological polar surface area (TPSA) is 63.2 Å². The van der Waals surface area contributed by atoms with Crippen molar-refractivity contribution in [2.24, 2.45) is 0 Å². The fourth-order valence-electron chi connectivity index (χ4n) is 1.30. The van der Waals surface area contributed by atoms with Gasteiger partial charge >= 0.3 is 5.97 Å². The molecule has 17 heavy (non-hydrogen) atoms. The van der Waals surface area contributed by atoms with E-state index in [0.29, 0.717) is 13.0 Å². The molecule has 1 heterocycles. The molecular formula is C12H19N3O2. The summed E-state index contributed by atoms with van der Waals surface area (Å²) in [6.07, 6.45) is 3.15. The summed E-state index contributed by atoms with van der Waals surface area (Å²) in [5, 5.41) is 6.35. The zero-order valence-corrected chi connectivity index (χ0v) is 10.3. The highest BCUT2D eigenvalue weighted by atomic mass is 16.5. The van der Waals surface area contributed by atoms with E-state index in [1.165, 1.54) is 7.11 Å². The Morgan fingerprint density at radius 3 is 2.94 bits per heavy atom. The molecule has 0 fully saturated rings. The van der Waals surface area contributed by atoms with Crippen molar-refractivity contribution in [1.29, 1.82) is 0 Å². The zero-order chi connectivity index (χ0) is 12.5. The standard InChI is InChI=1S/C12H19N3O2/c1-3-6-14-11-9-10(4-7-15-11)13-8-5-12(16)17-2/h4,7,9H,3,5-6,8H2,1-2H3,(H2,13,14,15). The predicted molar refractivity (Wildman–Crippen MR) is 68.1 cm³/mol. The molecule has 1 aromatic heterocycles. The van der Waals surface area contributed by atoms with Gasteiger partial charge in [-0.05, 0) is 12.5 Å². The van der Waals surface area contributed by atoms with Crippen LogP contribution in [-0.2, 0) is 9.53 Å². The number of carbonyl (C=O) groups is 1. The zero-order valence-electron chi connectivity index (χ0n) is 10.3. The summed E-state index contributed by atoms with van der Waals surface area (Å²) in [6, 6.07) is 3.79. The van der Waals surface area contributed by atoms with Crippen LogP contribution in [0.3, 0.4) is 0 Å². The molecule has 2 N–H and O–H groups in total. The Balaban J connectivity index is 2.40. The van der Waals surface area contributed by atoms with E-state index in [1.807, 2.05) is 12.1 Å². The number of ether oxygens (including phenoxy) is 1. The number of nitrogens with one attached hydrogen (secondary N) is 2. The van der Waals surface area contributed by atoms with Gasteiger partial charge in [0.25, 0.3) is 0 Å². The van der Waals surface area contributed by atoms with Gasteiger partial charge in [-0.1, -0.05) is 6.92 Å². The van der Waals surface area contributed by atoms with Gasteiger partial charge in [-0.2, -0.15) is 0 Å². The number of methoxy groups -OCH3 is 1. The minimum absolute atomic E-state index is 0.212. The summed E-state index contributed by atoms with van der Waals surface area (Å²) >= 11 is 0. The van der Waals surface area contributed by atoms with Gasteiger partial charge in [-0.25, -0.2) is 4.98 Å². The van der Waals surface area contributed by atoms with Crippen LogP contribution in [0, 0.1) is 0 Å². The summed E-state index contributed by atoms with van der Waals surface area (Å²) in [7, 11) is 1.39. The highest BCUT2D eigenvalue weighted by Crippen LogP contribution is 2.11. The molecule has 1 rings (SSSR count). The van der Waals surface area contributed by atoms with E-state index in [1.54, 1.807) is 6.20 Å². The number of carbonyl (C=O) groups excluding carboxylic acids is 1. The van der Waals surface area contributed by atoms with Gasteiger partial charge in [0.05, 0.1) is 13.5 Å². The monoisotopic (exact) mass is 237 g/mol. The van der Waals surface area contributed by atoms with Crippen LogP contribution in [0.25, 0.3) is 0 Å². The summed E-state index contributed by atoms with van der Waals surface area (Å²) in [5.74, 6) is 0.630. The van der Waals surface area contributed by atoms with Crippen molar-refractivity contribution in [3.8, 4) is 0 Å². The van der Waals surface area contributed by atoms with Crippen LogP contribution in [0.15, 0.2) is 18.3 Å². The molecular weight excluding hydrogens is 218 g/mol. The average Bonchev–Trinajstić information content (AvgIpc) is 2.36. The molecule has 1 aromatic rings. The molecule has 0 aliphatic rings. The van der Waals surface area contributed by atoms with Gasteiger partial charge in [0, 0.05) is 31.0 Å². The van der Waals surface area contributed by atoms with Crippen LogP contribution in [0.4, 0.5) is 11.5 Å². The molecule has 0 saturated heterocycles. The van der Waals surface area contributed by atoms with E-state index in [-0.39, 0.29) is 5.97 Å². The molecule has 5 nitrogen and oxygen atoms in total. The average molecular weight is 237 g/mol. The Morgan fingerprint density at radius 1 is 1.41 bits per heavy atom. The maximum absolute atomic E-state index is 10.9. The van der Waals surface area contributed by atoms with Crippen molar-refractivity contribution < 1.29 is 9.53 Å². The van der Waals surface area contributed by atoms with E-state index >= 15 is 0 Å². The normalized spacial score (nSPS) is 9.76. The van der Waals surface area contributed by atoms with Crippen molar-refractivity contribution in [2.45, 2.75) is 19.8 Å². The Morgan fingerprint density at radius 2 is 2.24 bits per heavy atom. The Kier molecular flexibility index (Phi) is 5.85. The van der Waals surface area contributed by atoms with E-state index in [0.717, 1.165) is 24.5 Å². The summed E-state index contributed by atoms with van der Waals surface area (Å²) in [5.41, 5.74) is 0.947. The van der Waals surface area contributed by atoms with Gasteiger partial charge in [0.15, 0.2) is 0 Å². The summed E-state index contributed by atoms with van der Waals surface area (Å²) in [4.78, 5) is 15.1. The lowest BCUT2D eigenvalue weighted by molar-refractivity contribution is -0.140. The number of pyridine rings is 1. The number of hydrogen-bond acceptors (Lipinski definition) is 5. The van der Waals surface area contributed by atoms with Gasteiger partial charge in [0.1, 0.15) is 5.82 Å². The van der Waals surface area contributed by atoms with Crippen molar-refractivity contribution in [2.75, 3.05) is 30.8 Å². The first kappa shape index (κ1) is 13.3. The molecule has 0 unspecified atom stereocenters. The fourth-order valence-corrected chi connectivity index (χ4v) is 1.30. The third-order valence-corrected chi connectivity index (χ3v) is 2.20. The van der Waals surface area contributed by atoms with Crippen LogP contribution >= 0.6 is 0 Å². The lowest BCUT2D eigenvalue weighted by atomic mass is 10.3. The molecule has 0 atom stereocenters. The van der Waals surface area contributed by atoms with Crippen molar-refractivity contribution in [3.05, 3.63) is 18.3 Å². The van der Waals surface area contributed by atoms with Crippen LogP contribution in [0.2, 0.25) is 0 Å². The van der Waals surface area contributed by atoms with Gasteiger partial charge in [-0.3, -0.25) is 4.79 Å². The molecule has 0 spiro atoms. The molecule has 0 aliphatic heterocycles. The lowest BCUT2D eigenvalue weighted by Crippen LogP contribution is -2.10. The van der Waals surface area contributed by atoms with Gasteiger partial charge < -0.3 is 15.4 Å². The molecule has 5 heteroatoms. The van der Waals surface area contributed by atoms with Crippen molar-refractivity contribution in [3.63, 3.8) is 0 Å². The number of anilines is 2. The minimum atomic E-state index is -0.212. The lowest BCUT2D eigenvalue weighted by Gasteiger charge is -2.08. The minimum Gasteiger partial charge on any atom is -0.469 e. The SMILES string of the molecule is CCCNc1cc(NCCC(=O)OC)ccn1. The molecule has 0 radical (unpaired) electrons. The van der Waals surface area contributed by atoms with E-state index in [2.05, 4.69) is 27.3 Å². The second-order valence-corrected chi connectivity index (χ2v) is 3.61. The van der Waals surface area contributed by atoms with Crippen LogP contribution in [-0.4, -0.2) is 31.2 Å². The number of aromatic nitrogens is 1. The van der Waals surface area contributed by atoms with E-state index in [4.69, 9.17) is 0 Å². The Labute approximate surface area is 102 Å². The molecule has 94 valence electrons. The maximum atomic E-state index is 10.9. The van der Waals surface area contributed by atoms with Crippen molar-refractivity contribution in [1.82, 2.24) is 4.98 Å². The molecule has 0 amide bonds. The number of rotatable bonds is 7. The van der Waals surface area contributed by atoms with Crippen LogP contribution in [0.1, 0.15) is 19.8 Å². The third-order valence-electron chi connectivity index (χ3n) is 2.20. The largest absolute Gasteiger partial charge is 0.469 e. The molecule has 0 aliphatic carbocycles. The number of esters is 1. The van der Waals surface area contributed by atoms with Crippen molar-refractivity contribution >= 4 is 17.5 Å². The first-order chi connectivity index (χ1) is 8.26. The third kappa shape index (κ3) is 5.19. The molecule has 0 saturated carbocycles. The number of nitrogens with zero attached hydrogens (tertiary/aromatic N) is 1. The van der Waals surface area contributed by atoms with E-state index < -0.39 is 0 Å². The quantitative estimate of drug-likeness (QED) is 0.709. The summed E-state index contributed by atoms with van der Waals surface area (Å²) < 4.78 is 4.56. The Hall–Kier alpha value is -1.78.